The van der Waals surface area contributed by atoms with Gasteiger partial charge >= 0.3 is 0 Å². The molecule has 1 unspecified atom stereocenters. The van der Waals surface area contributed by atoms with Crippen molar-refractivity contribution in [1.82, 2.24) is 0 Å². The molecule has 0 amide bonds. The number of halogens is 4. The van der Waals surface area contributed by atoms with Crippen molar-refractivity contribution in [3.05, 3.63) is 96.1 Å². The predicted molar refractivity (Wildman–Crippen MR) is 154 cm³/mol. The molecule has 0 saturated heterocycles. The molecule has 1 fully saturated rings. The van der Waals surface area contributed by atoms with Gasteiger partial charge in [0.25, 0.3) is 0 Å². The van der Waals surface area contributed by atoms with Crippen LogP contribution in [0.1, 0.15) is 63.9 Å². The van der Waals surface area contributed by atoms with E-state index in [-0.39, 0.29) is 23.5 Å². The molecule has 1 nitrogen and oxygen atoms in total. The second-order valence-corrected chi connectivity index (χ2v) is 11.2. The molecule has 0 radical (unpaired) electrons. The standard InChI is InChI=1S/C35H36F4O/c1-3-21-40-31-20-19-30(34(38)35(31)39)27-15-13-26(14-16-27)29-18-17-28(32(36)33(29)37)25-11-9-24(10-12-25)23-7-5-22(4-2)6-8-23/h3,11,13-20,22-24H,1,4-10,12,21H2,2H3. The molecule has 0 spiro atoms. The Hall–Kier alpha value is -3.34. The highest BCUT2D eigenvalue weighted by Gasteiger charge is 2.29. The van der Waals surface area contributed by atoms with Gasteiger partial charge in [-0.15, -0.1) is 0 Å². The molecule has 0 aromatic heterocycles. The van der Waals surface area contributed by atoms with E-state index in [1.165, 1.54) is 50.3 Å². The molecule has 0 N–H and O–H groups in total. The summed E-state index contributed by atoms with van der Waals surface area (Å²) in [6.45, 7) is 5.83. The molecule has 3 aromatic carbocycles. The summed E-state index contributed by atoms with van der Waals surface area (Å²) in [5.74, 6) is -1.78. The highest BCUT2D eigenvalue weighted by molar-refractivity contribution is 5.74. The fraction of sp³-hybridized carbons (Fsp3) is 0.371. The maximum atomic E-state index is 15.3. The maximum absolute atomic E-state index is 15.3. The summed E-state index contributed by atoms with van der Waals surface area (Å²) >= 11 is 0. The zero-order valence-electron chi connectivity index (χ0n) is 23.0. The van der Waals surface area contributed by atoms with Crippen molar-refractivity contribution in [1.29, 1.82) is 0 Å². The van der Waals surface area contributed by atoms with Crippen molar-refractivity contribution in [2.75, 3.05) is 6.61 Å². The molecule has 1 atom stereocenters. The van der Waals surface area contributed by atoms with Crippen LogP contribution in [0.3, 0.4) is 0 Å². The lowest BCUT2D eigenvalue weighted by atomic mass is 9.70. The summed E-state index contributed by atoms with van der Waals surface area (Å²) in [5.41, 5.74) is 2.28. The Bertz CT molecular complexity index is 1380. The monoisotopic (exact) mass is 548 g/mol. The van der Waals surface area contributed by atoms with Gasteiger partial charge in [0, 0.05) is 16.7 Å². The van der Waals surface area contributed by atoms with E-state index in [1.807, 2.05) is 0 Å². The van der Waals surface area contributed by atoms with Crippen LogP contribution in [-0.2, 0) is 0 Å². The van der Waals surface area contributed by atoms with Gasteiger partial charge in [0.05, 0.1) is 0 Å². The van der Waals surface area contributed by atoms with Crippen LogP contribution in [0.5, 0.6) is 5.75 Å². The smallest absolute Gasteiger partial charge is 0.201 e. The second-order valence-electron chi connectivity index (χ2n) is 11.2. The van der Waals surface area contributed by atoms with Crippen molar-refractivity contribution in [2.45, 2.75) is 58.3 Å². The molecule has 2 aliphatic carbocycles. The van der Waals surface area contributed by atoms with Gasteiger partial charge in [-0.2, -0.15) is 4.39 Å². The zero-order valence-corrected chi connectivity index (χ0v) is 23.0. The van der Waals surface area contributed by atoms with Crippen LogP contribution >= 0.6 is 0 Å². The van der Waals surface area contributed by atoms with Crippen LogP contribution in [0.2, 0.25) is 0 Å². The molecular weight excluding hydrogens is 512 g/mol. The van der Waals surface area contributed by atoms with E-state index in [4.69, 9.17) is 4.74 Å². The number of ether oxygens (including phenoxy) is 1. The molecular formula is C35H36F4O. The topological polar surface area (TPSA) is 9.23 Å². The third-order valence-corrected chi connectivity index (χ3v) is 8.93. The maximum Gasteiger partial charge on any atom is 0.201 e. The molecule has 5 rings (SSSR count). The number of hydrogen-bond donors (Lipinski definition) is 0. The Morgan fingerprint density at radius 2 is 1.30 bits per heavy atom. The molecule has 5 heteroatoms. The second kappa shape index (κ2) is 12.4. The summed E-state index contributed by atoms with van der Waals surface area (Å²) in [6.07, 6.45) is 12.8. The molecule has 2 aliphatic rings. The molecule has 40 heavy (non-hydrogen) atoms. The molecule has 0 aliphatic heterocycles. The van der Waals surface area contributed by atoms with Gasteiger partial charge in [0.2, 0.25) is 5.82 Å². The fourth-order valence-electron chi connectivity index (χ4n) is 6.46. The van der Waals surface area contributed by atoms with Crippen molar-refractivity contribution < 1.29 is 22.3 Å². The minimum Gasteiger partial charge on any atom is -0.486 e. The Morgan fingerprint density at radius 1 is 0.725 bits per heavy atom. The van der Waals surface area contributed by atoms with Gasteiger partial charge in [-0.05, 0) is 78.7 Å². The van der Waals surface area contributed by atoms with Gasteiger partial charge in [0.15, 0.2) is 23.2 Å². The first kappa shape index (κ1) is 28.2. The Labute approximate surface area is 234 Å². The van der Waals surface area contributed by atoms with Gasteiger partial charge in [-0.3, -0.25) is 0 Å². The molecule has 0 heterocycles. The SMILES string of the molecule is C=CCOc1ccc(-c2ccc(-c3ccc(C4=CCC(C5CCC(CC)CC5)CC4)c(F)c3F)cc2)c(F)c1F. The van der Waals surface area contributed by atoms with E-state index in [2.05, 4.69) is 19.6 Å². The Morgan fingerprint density at radius 3 is 1.88 bits per heavy atom. The van der Waals surface area contributed by atoms with Crippen molar-refractivity contribution in [3.8, 4) is 28.0 Å². The summed E-state index contributed by atoms with van der Waals surface area (Å²) in [6, 6.07) is 12.4. The Balaban J connectivity index is 1.31. The van der Waals surface area contributed by atoms with Crippen LogP contribution in [0, 0.1) is 41.0 Å². The Kier molecular flexibility index (Phi) is 8.78. The lowest BCUT2D eigenvalue weighted by molar-refractivity contribution is 0.192. The van der Waals surface area contributed by atoms with Gasteiger partial charge < -0.3 is 4.74 Å². The van der Waals surface area contributed by atoms with E-state index in [1.54, 1.807) is 36.4 Å². The van der Waals surface area contributed by atoms with Crippen molar-refractivity contribution in [2.24, 2.45) is 17.8 Å². The lowest BCUT2D eigenvalue weighted by Crippen LogP contribution is -2.23. The average Bonchev–Trinajstić information content (AvgIpc) is 3.00. The number of benzene rings is 3. The van der Waals surface area contributed by atoms with Crippen molar-refractivity contribution in [3.63, 3.8) is 0 Å². The largest absolute Gasteiger partial charge is 0.486 e. The third-order valence-electron chi connectivity index (χ3n) is 8.93. The first-order valence-corrected chi connectivity index (χ1v) is 14.4. The van der Waals surface area contributed by atoms with Gasteiger partial charge in [0.1, 0.15) is 6.61 Å². The summed E-state index contributed by atoms with van der Waals surface area (Å²) < 4.78 is 64.9. The average molecular weight is 549 g/mol. The van der Waals surface area contributed by atoms with Crippen LogP contribution in [-0.4, -0.2) is 6.61 Å². The number of rotatable bonds is 8. The van der Waals surface area contributed by atoms with E-state index < -0.39 is 23.3 Å². The quantitative estimate of drug-likeness (QED) is 0.201. The zero-order chi connectivity index (χ0) is 28.2. The summed E-state index contributed by atoms with van der Waals surface area (Å²) in [5, 5.41) is 0. The minimum atomic E-state index is -1.08. The lowest BCUT2D eigenvalue weighted by Gasteiger charge is -2.35. The third kappa shape index (κ3) is 5.75. The van der Waals surface area contributed by atoms with Gasteiger partial charge in [-0.25, -0.2) is 13.2 Å². The predicted octanol–water partition coefficient (Wildman–Crippen LogP) is 10.5. The molecule has 1 saturated carbocycles. The van der Waals surface area contributed by atoms with Crippen LogP contribution in [0.15, 0.2) is 67.3 Å². The van der Waals surface area contributed by atoms with Gasteiger partial charge in [-0.1, -0.05) is 81.3 Å². The summed E-state index contributed by atoms with van der Waals surface area (Å²) in [7, 11) is 0. The van der Waals surface area contributed by atoms with Crippen molar-refractivity contribution >= 4 is 5.57 Å². The van der Waals surface area contributed by atoms with E-state index in [0.717, 1.165) is 36.7 Å². The minimum absolute atomic E-state index is 0.0537. The highest BCUT2D eigenvalue weighted by atomic mass is 19.2. The van der Waals surface area contributed by atoms with Crippen LogP contribution < -0.4 is 4.74 Å². The number of allylic oxidation sites excluding steroid dienone is 2. The first-order chi connectivity index (χ1) is 19.4. The number of hydrogen-bond acceptors (Lipinski definition) is 1. The van der Waals surface area contributed by atoms with Crippen LogP contribution in [0.25, 0.3) is 27.8 Å². The molecule has 3 aromatic rings. The van der Waals surface area contributed by atoms with E-state index >= 15 is 8.78 Å². The van der Waals surface area contributed by atoms with E-state index in [0.29, 0.717) is 22.6 Å². The summed E-state index contributed by atoms with van der Waals surface area (Å²) in [4.78, 5) is 0. The molecule has 0 bridgehead atoms. The van der Waals surface area contributed by atoms with E-state index in [9.17, 15) is 8.78 Å². The first-order valence-electron chi connectivity index (χ1n) is 14.4. The fourth-order valence-corrected chi connectivity index (χ4v) is 6.46. The molecule has 210 valence electrons. The van der Waals surface area contributed by atoms with Crippen LogP contribution in [0.4, 0.5) is 17.6 Å². The normalized spacial score (nSPS) is 21.1. The highest BCUT2D eigenvalue weighted by Crippen LogP contribution is 2.43.